The molecule has 1 aliphatic rings. The van der Waals surface area contributed by atoms with E-state index in [0.29, 0.717) is 17.9 Å². The van der Waals surface area contributed by atoms with Gasteiger partial charge in [0, 0.05) is 24.2 Å². The molecule has 1 N–H and O–H groups in total. The molecule has 0 saturated heterocycles. The largest absolute Gasteiger partial charge is 0.344 e. The van der Waals surface area contributed by atoms with Gasteiger partial charge in [0.1, 0.15) is 0 Å². The first kappa shape index (κ1) is 17.3. The molecule has 2 aromatic carbocycles. The average molecular weight is 369 g/mol. The van der Waals surface area contributed by atoms with Crippen LogP contribution in [0.25, 0.3) is 10.9 Å². The van der Waals surface area contributed by atoms with Crippen LogP contribution in [0, 0.1) is 13.8 Å². The maximum absolute atomic E-state index is 12.5. The number of rotatable bonds is 5. The van der Waals surface area contributed by atoms with Crippen molar-refractivity contribution < 1.29 is 8.42 Å². The highest BCUT2D eigenvalue weighted by Crippen LogP contribution is 2.32. The molecule has 5 heteroatoms. The van der Waals surface area contributed by atoms with E-state index in [1.165, 1.54) is 34.1 Å². The minimum atomic E-state index is -3.46. The number of aromatic nitrogens is 1. The monoisotopic (exact) mass is 368 g/mol. The summed E-state index contributed by atoms with van der Waals surface area (Å²) in [6, 6.07) is 13.4. The lowest BCUT2D eigenvalue weighted by Crippen LogP contribution is -2.26. The van der Waals surface area contributed by atoms with Gasteiger partial charge in [0.2, 0.25) is 10.0 Å². The van der Waals surface area contributed by atoms with Crippen molar-refractivity contribution in [1.29, 1.82) is 0 Å². The van der Waals surface area contributed by atoms with Gasteiger partial charge in [-0.15, -0.1) is 0 Å². The summed E-state index contributed by atoms with van der Waals surface area (Å²) in [5.74, 6) is 0. The summed E-state index contributed by atoms with van der Waals surface area (Å²) in [5.41, 5.74) is 6.32. The second-order valence-electron chi connectivity index (χ2n) is 7.09. The van der Waals surface area contributed by atoms with Crippen LogP contribution in [-0.4, -0.2) is 19.5 Å². The molecule has 0 aliphatic carbocycles. The molecule has 0 amide bonds. The van der Waals surface area contributed by atoms with Crippen LogP contribution in [0.1, 0.15) is 28.8 Å². The van der Waals surface area contributed by atoms with Gasteiger partial charge in [0.05, 0.1) is 10.4 Å². The van der Waals surface area contributed by atoms with Gasteiger partial charge >= 0.3 is 0 Å². The van der Waals surface area contributed by atoms with Crippen LogP contribution in [0.2, 0.25) is 0 Å². The molecule has 0 unspecified atom stereocenters. The fourth-order valence-corrected chi connectivity index (χ4v) is 5.05. The Morgan fingerprint density at radius 1 is 1.08 bits per heavy atom. The first-order valence-corrected chi connectivity index (χ1v) is 10.6. The van der Waals surface area contributed by atoms with E-state index in [4.69, 9.17) is 0 Å². The summed E-state index contributed by atoms with van der Waals surface area (Å²) in [4.78, 5) is 0.322. The highest BCUT2D eigenvalue weighted by Gasteiger charge is 2.20. The number of para-hydroxylation sites is 1. The first-order valence-electron chi connectivity index (χ1n) is 9.13. The average Bonchev–Trinajstić information content (AvgIpc) is 2.90. The Balaban J connectivity index is 1.57. The molecule has 26 heavy (non-hydrogen) atoms. The number of hydrogen-bond donors (Lipinski definition) is 1. The van der Waals surface area contributed by atoms with E-state index in [9.17, 15) is 8.42 Å². The molecular formula is C21H24N2O2S. The van der Waals surface area contributed by atoms with Crippen LogP contribution in [0.5, 0.6) is 0 Å². The second kappa shape index (κ2) is 6.56. The van der Waals surface area contributed by atoms with Gasteiger partial charge in [-0.2, -0.15) is 0 Å². The number of aryl methyl sites for hydroxylation is 3. The molecule has 136 valence electrons. The maximum atomic E-state index is 12.5. The molecule has 2 heterocycles. The van der Waals surface area contributed by atoms with E-state index in [0.717, 1.165) is 18.5 Å². The Morgan fingerprint density at radius 3 is 2.62 bits per heavy atom. The van der Waals surface area contributed by atoms with Crippen LogP contribution in [0.3, 0.4) is 0 Å². The van der Waals surface area contributed by atoms with Crippen LogP contribution < -0.4 is 4.72 Å². The molecule has 0 spiro atoms. The minimum absolute atomic E-state index is 0.322. The normalized spacial score (nSPS) is 14.1. The lowest BCUT2D eigenvalue weighted by atomic mass is 10.0. The topological polar surface area (TPSA) is 51.1 Å². The van der Waals surface area contributed by atoms with E-state index < -0.39 is 10.0 Å². The lowest BCUT2D eigenvalue weighted by molar-refractivity contribution is 0.581. The van der Waals surface area contributed by atoms with Crippen molar-refractivity contribution in [1.82, 2.24) is 9.29 Å². The molecule has 3 aromatic rings. The van der Waals surface area contributed by atoms with Crippen LogP contribution in [0.15, 0.2) is 47.4 Å². The Hall–Kier alpha value is -2.11. The van der Waals surface area contributed by atoms with Gasteiger partial charge in [0.25, 0.3) is 0 Å². The van der Waals surface area contributed by atoms with Crippen molar-refractivity contribution in [2.75, 3.05) is 6.54 Å². The van der Waals surface area contributed by atoms with Gasteiger partial charge in [0.15, 0.2) is 0 Å². The SMILES string of the molecule is Cc1ccc(S(=O)(=O)NCCc2c(C)n3c4c(cccc24)CCC3)cc1. The highest BCUT2D eigenvalue weighted by atomic mass is 32.2. The van der Waals surface area contributed by atoms with Crippen molar-refractivity contribution >= 4 is 20.9 Å². The summed E-state index contributed by atoms with van der Waals surface area (Å²) < 4.78 is 30.1. The molecule has 4 nitrogen and oxygen atoms in total. The number of benzene rings is 2. The number of sulfonamides is 1. The highest BCUT2D eigenvalue weighted by molar-refractivity contribution is 7.89. The number of nitrogens with zero attached hydrogens (tertiary/aromatic N) is 1. The fraction of sp³-hybridized carbons (Fsp3) is 0.333. The Morgan fingerprint density at radius 2 is 1.85 bits per heavy atom. The minimum Gasteiger partial charge on any atom is -0.344 e. The number of nitrogens with one attached hydrogen (secondary N) is 1. The zero-order valence-corrected chi connectivity index (χ0v) is 16.1. The van der Waals surface area contributed by atoms with Crippen molar-refractivity contribution in [3.8, 4) is 0 Å². The predicted molar refractivity (Wildman–Crippen MR) is 105 cm³/mol. The van der Waals surface area contributed by atoms with Gasteiger partial charge in [-0.25, -0.2) is 13.1 Å². The van der Waals surface area contributed by atoms with Crippen molar-refractivity contribution in [2.24, 2.45) is 0 Å². The maximum Gasteiger partial charge on any atom is 0.240 e. The molecule has 0 bridgehead atoms. The second-order valence-corrected chi connectivity index (χ2v) is 8.86. The third-order valence-corrected chi connectivity index (χ3v) is 6.86. The van der Waals surface area contributed by atoms with E-state index >= 15 is 0 Å². The van der Waals surface area contributed by atoms with Crippen LogP contribution in [-0.2, 0) is 29.4 Å². The van der Waals surface area contributed by atoms with E-state index in [1.807, 2.05) is 19.1 Å². The summed E-state index contributed by atoms with van der Waals surface area (Å²) in [5, 5.41) is 1.27. The first-order chi connectivity index (χ1) is 12.5. The van der Waals surface area contributed by atoms with E-state index in [1.54, 1.807) is 12.1 Å². The summed E-state index contributed by atoms with van der Waals surface area (Å²) in [6.45, 7) is 5.55. The summed E-state index contributed by atoms with van der Waals surface area (Å²) >= 11 is 0. The third-order valence-electron chi connectivity index (χ3n) is 5.38. The van der Waals surface area contributed by atoms with E-state index in [-0.39, 0.29) is 0 Å². The molecule has 1 aliphatic heterocycles. The predicted octanol–water partition coefficient (Wildman–Crippen LogP) is 3.73. The lowest BCUT2D eigenvalue weighted by Gasteiger charge is -2.16. The van der Waals surface area contributed by atoms with Crippen molar-refractivity contribution in [3.63, 3.8) is 0 Å². The van der Waals surface area contributed by atoms with E-state index in [2.05, 4.69) is 34.4 Å². The fourth-order valence-electron chi connectivity index (χ4n) is 4.01. The zero-order valence-electron chi connectivity index (χ0n) is 15.2. The van der Waals surface area contributed by atoms with Gasteiger partial charge in [-0.05, 0) is 56.4 Å². The summed E-state index contributed by atoms with van der Waals surface area (Å²) in [6.07, 6.45) is 2.99. The molecule has 0 fully saturated rings. The van der Waals surface area contributed by atoms with Gasteiger partial charge in [-0.1, -0.05) is 35.9 Å². The molecule has 1 aromatic heterocycles. The molecule has 0 radical (unpaired) electrons. The molecular weight excluding hydrogens is 344 g/mol. The van der Waals surface area contributed by atoms with Crippen LogP contribution in [0.4, 0.5) is 0 Å². The molecule has 4 rings (SSSR count). The van der Waals surface area contributed by atoms with Gasteiger partial charge < -0.3 is 4.57 Å². The molecule has 0 saturated carbocycles. The zero-order chi connectivity index (χ0) is 18.3. The van der Waals surface area contributed by atoms with Crippen molar-refractivity contribution in [2.45, 2.75) is 44.6 Å². The number of hydrogen-bond acceptors (Lipinski definition) is 2. The smallest absolute Gasteiger partial charge is 0.240 e. The van der Waals surface area contributed by atoms with Crippen molar-refractivity contribution in [3.05, 3.63) is 64.8 Å². The molecule has 0 atom stereocenters. The third kappa shape index (κ3) is 2.95. The quantitative estimate of drug-likeness (QED) is 0.746. The van der Waals surface area contributed by atoms with Crippen LogP contribution >= 0.6 is 0 Å². The Labute approximate surface area is 154 Å². The van der Waals surface area contributed by atoms with Gasteiger partial charge in [-0.3, -0.25) is 0 Å². The standard InChI is InChI=1S/C21H24N2O2S/c1-15-8-10-18(11-9-15)26(24,25)22-13-12-19-16(2)23-14-4-6-17-5-3-7-20(19)21(17)23/h3,5,7-11,22H,4,6,12-14H2,1-2H3. The summed E-state index contributed by atoms with van der Waals surface area (Å²) in [7, 11) is -3.46. The Kier molecular flexibility index (Phi) is 4.37. The Bertz CT molecular complexity index is 1060.